The fourth-order valence-electron chi connectivity index (χ4n) is 3.11. The number of amides is 2. The minimum absolute atomic E-state index is 0.196. The first-order chi connectivity index (χ1) is 12.0. The number of aromatic nitrogens is 1. The number of aliphatic hydroxyl groups is 1. The first kappa shape index (κ1) is 17.2. The fraction of sp³-hybridized carbons (Fsp3) is 0.389. The Kier molecular flexibility index (Phi) is 4.85. The number of likely N-dealkylation sites (tertiary alicyclic amines) is 1. The van der Waals surface area contributed by atoms with Crippen molar-refractivity contribution >= 4 is 12.3 Å². The molecule has 1 aliphatic heterocycles. The van der Waals surface area contributed by atoms with Crippen LogP contribution < -0.4 is 5.32 Å². The second-order valence-corrected chi connectivity index (χ2v) is 6.33. The lowest BCUT2D eigenvalue weighted by molar-refractivity contribution is -0.131. The van der Waals surface area contributed by atoms with Crippen molar-refractivity contribution < 1.29 is 19.1 Å². The number of aryl methyl sites for hydroxylation is 1. The molecular weight excluding hydrogens is 322 g/mol. The zero-order valence-electron chi connectivity index (χ0n) is 14.2. The maximum absolute atomic E-state index is 12.4. The average molecular weight is 343 g/mol. The average Bonchev–Trinajstić information content (AvgIpc) is 3.20. The summed E-state index contributed by atoms with van der Waals surface area (Å²) in [7, 11) is 0. The molecule has 3 atom stereocenters. The molecule has 132 valence electrons. The largest absolute Gasteiger partial charge is 0.443 e. The van der Waals surface area contributed by atoms with Gasteiger partial charge in [0.05, 0.1) is 17.8 Å². The standard InChI is InChI=1S/C18H21N3O4/c1-11(20-18(24)16-7-15(23)8-21(16)10-22)13-3-5-14(6-4-13)17-12(2)19-9-25-17/h3-6,9-11,15-16,23H,7-8H2,1-2H3,(H,20,24). The Hall–Kier alpha value is -2.67. The van der Waals surface area contributed by atoms with Crippen molar-refractivity contribution in [2.24, 2.45) is 0 Å². The number of aliphatic hydroxyl groups excluding tert-OH is 1. The monoisotopic (exact) mass is 343 g/mol. The third kappa shape index (κ3) is 3.56. The van der Waals surface area contributed by atoms with Crippen LogP contribution in [0.4, 0.5) is 0 Å². The summed E-state index contributed by atoms with van der Waals surface area (Å²) >= 11 is 0. The van der Waals surface area contributed by atoms with Crippen molar-refractivity contribution in [1.29, 1.82) is 0 Å². The van der Waals surface area contributed by atoms with Gasteiger partial charge in [-0.05, 0) is 19.4 Å². The number of rotatable bonds is 5. The van der Waals surface area contributed by atoms with E-state index in [9.17, 15) is 14.7 Å². The van der Waals surface area contributed by atoms with Gasteiger partial charge in [-0.2, -0.15) is 0 Å². The van der Waals surface area contributed by atoms with Gasteiger partial charge in [-0.25, -0.2) is 4.98 Å². The summed E-state index contributed by atoms with van der Waals surface area (Å²) in [4.78, 5) is 28.8. The van der Waals surface area contributed by atoms with E-state index in [0.29, 0.717) is 6.41 Å². The van der Waals surface area contributed by atoms with Crippen LogP contribution in [-0.2, 0) is 9.59 Å². The molecule has 0 aliphatic carbocycles. The van der Waals surface area contributed by atoms with E-state index in [1.165, 1.54) is 11.3 Å². The molecule has 1 aromatic heterocycles. The first-order valence-electron chi connectivity index (χ1n) is 8.19. The summed E-state index contributed by atoms with van der Waals surface area (Å²) in [6, 6.07) is 6.84. The van der Waals surface area contributed by atoms with E-state index in [0.717, 1.165) is 22.6 Å². The molecule has 0 spiro atoms. The molecule has 1 saturated heterocycles. The Labute approximate surface area is 145 Å². The Morgan fingerprint density at radius 3 is 2.76 bits per heavy atom. The maximum Gasteiger partial charge on any atom is 0.243 e. The molecule has 2 aromatic rings. The van der Waals surface area contributed by atoms with Crippen LogP contribution in [0.2, 0.25) is 0 Å². The molecule has 0 saturated carbocycles. The molecule has 3 rings (SSSR count). The molecule has 7 nitrogen and oxygen atoms in total. The summed E-state index contributed by atoms with van der Waals surface area (Å²) in [5.74, 6) is 0.469. The topological polar surface area (TPSA) is 95.7 Å². The first-order valence-corrected chi connectivity index (χ1v) is 8.19. The maximum atomic E-state index is 12.4. The highest BCUT2D eigenvalue weighted by Gasteiger charge is 2.35. The number of nitrogens with one attached hydrogen (secondary N) is 1. The molecule has 0 radical (unpaired) electrons. The number of benzene rings is 1. The Morgan fingerprint density at radius 2 is 2.16 bits per heavy atom. The van der Waals surface area contributed by atoms with E-state index in [-0.39, 0.29) is 24.9 Å². The van der Waals surface area contributed by atoms with Gasteiger partial charge in [0, 0.05) is 18.5 Å². The van der Waals surface area contributed by atoms with Crippen molar-refractivity contribution in [3.8, 4) is 11.3 Å². The molecule has 1 aromatic carbocycles. The lowest BCUT2D eigenvalue weighted by Gasteiger charge is -2.22. The van der Waals surface area contributed by atoms with Crippen LogP contribution in [0.15, 0.2) is 35.1 Å². The molecule has 0 bridgehead atoms. The third-order valence-corrected chi connectivity index (χ3v) is 4.53. The van der Waals surface area contributed by atoms with Crippen LogP contribution in [0, 0.1) is 6.92 Å². The Balaban J connectivity index is 1.67. The summed E-state index contributed by atoms with van der Waals surface area (Å²) in [6.07, 6.45) is 1.64. The minimum Gasteiger partial charge on any atom is -0.443 e. The quantitative estimate of drug-likeness (QED) is 0.801. The lowest BCUT2D eigenvalue weighted by Crippen LogP contribution is -2.43. The number of carbonyl (C=O) groups excluding carboxylic acids is 2. The lowest BCUT2D eigenvalue weighted by atomic mass is 10.0. The van der Waals surface area contributed by atoms with Crippen molar-refractivity contribution in [1.82, 2.24) is 15.2 Å². The van der Waals surface area contributed by atoms with E-state index < -0.39 is 12.1 Å². The van der Waals surface area contributed by atoms with Gasteiger partial charge in [-0.3, -0.25) is 9.59 Å². The zero-order valence-corrected chi connectivity index (χ0v) is 14.2. The summed E-state index contributed by atoms with van der Waals surface area (Å²) in [5.41, 5.74) is 2.68. The van der Waals surface area contributed by atoms with Gasteiger partial charge in [0.1, 0.15) is 6.04 Å². The van der Waals surface area contributed by atoms with Gasteiger partial charge in [-0.15, -0.1) is 0 Å². The smallest absolute Gasteiger partial charge is 0.243 e. The number of hydrogen-bond donors (Lipinski definition) is 2. The van der Waals surface area contributed by atoms with Crippen LogP contribution in [0.5, 0.6) is 0 Å². The van der Waals surface area contributed by atoms with E-state index >= 15 is 0 Å². The van der Waals surface area contributed by atoms with Crippen molar-refractivity contribution in [2.45, 2.75) is 38.5 Å². The van der Waals surface area contributed by atoms with Crippen LogP contribution >= 0.6 is 0 Å². The molecule has 1 aliphatic rings. The van der Waals surface area contributed by atoms with Crippen LogP contribution in [-0.4, -0.2) is 46.0 Å². The van der Waals surface area contributed by atoms with Gasteiger partial charge < -0.3 is 19.7 Å². The third-order valence-electron chi connectivity index (χ3n) is 4.53. The second-order valence-electron chi connectivity index (χ2n) is 6.33. The number of oxazole rings is 1. The Bertz CT molecular complexity index is 756. The zero-order chi connectivity index (χ0) is 18.0. The van der Waals surface area contributed by atoms with Crippen LogP contribution in [0.3, 0.4) is 0 Å². The van der Waals surface area contributed by atoms with Gasteiger partial charge in [-0.1, -0.05) is 24.3 Å². The SMILES string of the molecule is Cc1ncoc1-c1ccc(C(C)NC(=O)C2CC(O)CN2C=O)cc1. The predicted octanol–water partition coefficient (Wildman–Crippen LogP) is 1.42. The van der Waals surface area contributed by atoms with E-state index in [2.05, 4.69) is 10.3 Å². The number of β-amino-alcohol motifs (C(OH)–C–C–N with tert-alkyl or cyclic N) is 1. The normalized spacial score (nSPS) is 21.2. The molecule has 2 heterocycles. The van der Waals surface area contributed by atoms with E-state index in [1.807, 2.05) is 38.1 Å². The fourth-order valence-corrected chi connectivity index (χ4v) is 3.11. The molecule has 1 fully saturated rings. The van der Waals surface area contributed by atoms with Crippen LogP contribution in [0.25, 0.3) is 11.3 Å². The number of hydrogen-bond acceptors (Lipinski definition) is 5. The van der Waals surface area contributed by atoms with Crippen LogP contribution in [0.1, 0.15) is 30.6 Å². The summed E-state index contributed by atoms with van der Waals surface area (Å²) < 4.78 is 5.37. The van der Waals surface area contributed by atoms with Crippen molar-refractivity contribution in [3.05, 3.63) is 41.9 Å². The molecular formula is C18H21N3O4. The van der Waals surface area contributed by atoms with Gasteiger partial charge in [0.2, 0.25) is 12.3 Å². The predicted molar refractivity (Wildman–Crippen MR) is 90.4 cm³/mol. The summed E-state index contributed by atoms with van der Waals surface area (Å²) in [6.45, 7) is 3.95. The molecule has 2 amide bonds. The highest BCUT2D eigenvalue weighted by Crippen LogP contribution is 2.25. The second kappa shape index (κ2) is 7.06. The van der Waals surface area contributed by atoms with Gasteiger partial charge in [0.25, 0.3) is 0 Å². The highest BCUT2D eigenvalue weighted by molar-refractivity contribution is 5.84. The molecule has 25 heavy (non-hydrogen) atoms. The molecule has 2 N–H and O–H groups in total. The van der Waals surface area contributed by atoms with E-state index in [1.54, 1.807) is 0 Å². The Morgan fingerprint density at radius 1 is 1.44 bits per heavy atom. The van der Waals surface area contributed by atoms with Gasteiger partial charge in [0.15, 0.2) is 12.2 Å². The molecule has 7 heteroatoms. The van der Waals surface area contributed by atoms with Gasteiger partial charge >= 0.3 is 0 Å². The van der Waals surface area contributed by atoms with Crippen molar-refractivity contribution in [3.63, 3.8) is 0 Å². The summed E-state index contributed by atoms with van der Waals surface area (Å²) in [5, 5.41) is 12.6. The minimum atomic E-state index is -0.652. The van der Waals surface area contributed by atoms with E-state index in [4.69, 9.17) is 4.42 Å². The number of nitrogens with zero attached hydrogens (tertiary/aromatic N) is 2. The number of carbonyl (C=O) groups is 2. The molecule has 3 unspecified atom stereocenters. The highest BCUT2D eigenvalue weighted by atomic mass is 16.3. The van der Waals surface area contributed by atoms with Crippen molar-refractivity contribution in [2.75, 3.05) is 6.54 Å².